The van der Waals surface area contributed by atoms with E-state index in [1.807, 2.05) is 42.2 Å². The number of rotatable bonds is 5. The number of benzene rings is 1. The summed E-state index contributed by atoms with van der Waals surface area (Å²) in [6.07, 6.45) is 2.90. The molecule has 0 aliphatic rings. The molecule has 1 aromatic carbocycles. The standard InChI is InChI=1S/C14H18ClN3/c1-11(12-4-3-5-13(15)10-12)16-8-6-14-7-9-18(2)17-14/h3-5,7,9-11,16H,6,8H2,1-2H3. The van der Waals surface area contributed by atoms with Gasteiger partial charge in [0.15, 0.2) is 0 Å². The molecule has 1 unspecified atom stereocenters. The Kier molecular flexibility index (Phi) is 4.39. The molecule has 0 saturated heterocycles. The molecule has 0 radical (unpaired) electrons. The number of nitrogens with one attached hydrogen (secondary N) is 1. The zero-order valence-corrected chi connectivity index (χ0v) is 11.5. The normalized spacial score (nSPS) is 12.6. The molecule has 3 nitrogen and oxygen atoms in total. The summed E-state index contributed by atoms with van der Waals surface area (Å²) < 4.78 is 1.83. The Morgan fingerprint density at radius 1 is 1.39 bits per heavy atom. The van der Waals surface area contributed by atoms with Crippen molar-refractivity contribution in [3.05, 3.63) is 52.8 Å². The van der Waals surface area contributed by atoms with Crippen LogP contribution < -0.4 is 5.32 Å². The van der Waals surface area contributed by atoms with Crippen molar-refractivity contribution in [1.82, 2.24) is 15.1 Å². The van der Waals surface area contributed by atoms with Crippen LogP contribution in [0.2, 0.25) is 5.02 Å². The Bertz CT molecular complexity index is 507. The van der Waals surface area contributed by atoms with Crippen LogP contribution in [0.15, 0.2) is 36.5 Å². The summed E-state index contributed by atoms with van der Waals surface area (Å²) in [5.41, 5.74) is 2.33. The second-order valence-corrected chi connectivity index (χ2v) is 4.90. The van der Waals surface area contributed by atoms with Gasteiger partial charge in [0.05, 0.1) is 5.69 Å². The van der Waals surface area contributed by atoms with Crippen LogP contribution in [0, 0.1) is 0 Å². The lowest BCUT2D eigenvalue weighted by atomic mass is 10.1. The Hall–Kier alpha value is -1.32. The zero-order chi connectivity index (χ0) is 13.0. The smallest absolute Gasteiger partial charge is 0.0637 e. The number of aromatic nitrogens is 2. The molecular formula is C14H18ClN3. The molecule has 0 spiro atoms. The topological polar surface area (TPSA) is 29.9 Å². The third-order valence-electron chi connectivity index (χ3n) is 2.95. The number of nitrogens with zero attached hydrogens (tertiary/aromatic N) is 2. The second-order valence-electron chi connectivity index (χ2n) is 4.46. The highest BCUT2D eigenvalue weighted by Gasteiger charge is 2.05. The average molecular weight is 264 g/mol. The fraction of sp³-hybridized carbons (Fsp3) is 0.357. The Labute approximate surface area is 113 Å². The lowest BCUT2D eigenvalue weighted by Crippen LogP contribution is -2.21. The molecule has 0 amide bonds. The quantitative estimate of drug-likeness (QED) is 0.899. The molecule has 0 aliphatic carbocycles. The van der Waals surface area contributed by atoms with Gasteiger partial charge in [-0.3, -0.25) is 4.68 Å². The van der Waals surface area contributed by atoms with E-state index in [0.717, 1.165) is 23.7 Å². The molecule has 0 aliphatic heterocycles. The molecule has 2 rings (SSSR count). The Morgan fingerprint density at radius 2 is 2.22 bits per heavy atom. The number of halogens is 1. The van der Waals surface area contributed by atoms with Gasteiger partial charge in [-0.1, -0.05) is 23.7 Å². The maximum Gasteiger partial charge on any atom is 0.0637 e. The molecule has 1 aromatic heterocycles. The Balaban J connectivity index is 1.83. The van der Waals surface area contributed by atoms with Crippen LogP contribution in [-0.2, 0) is 13.5 Å². The highest BCUT2D eigenvalue weighted by molar-refractivity contribution is 6.30. The number of hydrogen-bond acceptors (Lipinski definition) is 2. The van der Waals surface area contributed by atoms with Crippen LogP contribution in [0.5, 0.6) is 0 Å². The monoisotopic (exact) mass is 263 g/mol. The molecule has 96 valence electrons. The first kappa shape index (κ1) is 13.1. The first-order valence-electron chi connectivity index (χ1n) is 6.12. The van der Waals surface area contributed by atoms with E-state index in [2.05, 4.69) is 23.4 Å². The fourth-order valence-corrected chi connectivity index (χ4v) is 2.11. The van der Waals surface area contributed by atoms with Gasteiger partial charge < -0.3 is 5.32 Å². The second kappa shape index (κ2) is 6.03. The molecule has 4 heteroatoms. The van der Waals surface area contributed by atoms with E-state index in [1.54, 1.807) is 0 Å². The van der Waals surface area contributed by atoms with Crippen molar-refractivity contribution in [3.63, 3.8) is 0 Å². The summed E-state index contributed by atoms with van der Waals surface area (Å²) in [5.74, 6) is 0. The molecular weight excluding hydrogens is 246 g/mol. The highest BCUT2D eigenvalue weighted by Crippen LogP contribution is 2.17. The Morgan fingerprint density at radius 3 is 2.89 bits per heavy atom. The maximum absolute atomic E-state index is 5.98. The van der Waals surface area contributed by atoms with Crippen LogP contribution in [-0.4, -0.2) is 16.3 Å². The van der Waals surface area contributed by atoms with E-state index in [4.69, 9.17) is 11.6 Å². The summed E-state index contributed by atoms with van der Waals surface area (Å²) in [4.78, 5) is 0. The highest BCUT2D eigenvalue weighted by atomic mass is 35.5. The van der Waals surface area contributed by atoms with Gasteiger partial charge in [0.2, 0.25) is 0 Å². The van der Waals surface area contributed by atoms with Crippen molar-refractivity contribution < 1.29 is 0 Å². The van der Waals surface area contributed by atoms with Gasteiger partial charge in [0.1, 0.15) is 0 Å². The minimum absolute atomic E-state index is 0.299. The van der Waals surface area contributed by atoms with Crippen molar-refractivity contribution in [2.24, 2.45) is 7.05 Å². The SMILES string of the molecule is CC(NCCc1ccn(C)n1)c1cccc(Cl)c1. The molecule has 1 heterocycles. The molecule has 2 aromatic rings. The third-order valence-corrected chi connectivity index (χ3v) is 3.18. The minimum Gasteiger partial charge on any atom is -0.310 e. The lowest BCUT2D eigenvalue weighted by molar-refractivity contribution is 0.571. The maximum atomic E-state index is 5.98. The fourth-order valence-electron chi connectivity index (χ4n) is 1.91. The summed E-state index contributed by atoms with van der Waals surface area (Å²) in [7, 11) is 1.94. The molecule has 0 fully saturated rings. The predicted octanol–water partition coefficient (Wildman–Crippen LogP) is 2.97. The first-order valence-corrected chi connectivity index (χ1v) is 6.50. The lowest BCUT2D eigenvalue weighted by Gasteiger charge is -2.13. The van der Waals surface area contributed by atoms with E-state index >= 15 is 0 Å². The van der Waals surface area contributed by atoms with Crippen LogP contribution >= 0.6 is 11.6 Å². The van der Waals surface area contributed by atoms with Crippen molar-refractivity contribution in [1.29, 1.82) is 0 Å². The first-order chi connectivity index (χ1) is 8.65. The van der Waals surface area contributed by atoms with Crippen LogP contribution in [0.25, 0.3) is 0 Å². The number of hydrogen-bond donors (Lipinski definition) is 1. The van der Waals surface area contributed by atoms with Crippen molar-refractivity contribution >= 4 is 11.6 Å². The van der Waals surface area contributed by atoms with Crippen molar-refractivity contribution in [2.75, 3.05) is 6.54 Å². The molecule has 1 atom stereocenters. The molecule has 0 saturated carbocycles. The van der Waals surface area contributed by atoms with Gasteiger partial charge in [-0.2, -0.15) is 5.10 Å². The summed E-state index contributed by atoms with van der Waals surface area (Å²) in [6.45, 7) is 3.05. The van der Waals surface area contributed by atoms with Gasteiger partial charge >= 0.3 is 0 Å². The van der Waals surface area contributed by atoms with Crippen molar-refractivity contribution in [3.8, 4) is 0 Å². The molecule has 18 heavy (non-hydrogen) atoms. The van der Waals surface area contributed by atoms with Gasteiger partial charge in [0, 0.05) is 37.3 Å². The van der Waals surface area contributed by atoms with Gasteiger partial charge in [0.25, 0.3) is 0 Å². The van der Waals surface area contributed by atoms with Gasteiger partial charge in [-0.25, -0.2) is 0 Å². The average Bonchev–Trinajstić information content (AvgIpc) is 2.75. The van der Waals surface area contributed by atoms with E-state index in [9.17, 15) is 0 Å². The van der Waals surface area contributed by atoms with Crippen molar-refractivity contribution in [2.45, 2.75) is 19.4 Å². The van der Waals surface area contributed by atoms with Crippen LogP contribution in [0.4, 0.5) is 0 Å². The summed E-state index contributed by atoms with van der Waals surface area (Å²) in [6, 6.07) is 10.3. The molecule has 1 N–H and O–H groups in total. The minimum atomic E-state index is 0.299. The number of aryl methyl sites for hydroxylation is 1. The van der Waals surface area contributed by atoms with E-state index in [0.29, 0.717) is 6.04 Å². The molecule has 0 bridgehead atoms. The van der Waals surface area contributed by atoms with Gasteiger partial charge in [-0.05, 0) is 30.7 Å². The van der Waals surface area contributed by atoms with Gasteiger partial charge in [-0.15, -0.1) is 0 Å². The zero-order valence-electron chi connectivity index (χ0n) is 10.7. The van der Waals surface area contributed by atoms with Crippen LogP contribution in [0.1, 0.15) is 24.2 Å². The van der Waals surface area contributed by atoms with E-state index < -0.39 is 0 Å². The van der Waals surface area contributed by atoms with Crippen LogP contribution in [0.3, 0.4) is 0 Å². The predicted molar refractivity (Wildman–Crippen MR) is 74.8 cm³/mol. The summed E-state index contributed by atoms with van der Waals surface area (Å²) in [5, 5.41) is 8.61. The third kappa shape index (κ3) is 3.59. The largest absolute Gasteiger partial charge is 0.310 e. The summed E-state index contributed by atoms with van der Waals surface area (Å²) >= 11 is 5.98. The van der Waals surface area contributed by atoms with E-state index in [-0.39, 0.29) is 0 Å². The van der Waals surface area contributed by atoms with E-state index in [1.165, 1.54) is 5.56 Å².